The standard InChI is InChI=1S/C25H30N2O4/c1-18(23(28)26-20-13-7-4-8-14-20)31-25(30)22-16-10-9-15-21(22)24(29)27(2)17-19-11-5-3-6-12-19/h3,5-6,9-12,15-16,18,20H,4,7-8,13-14,17H2,1-2H3,(H,26,28)/t18-/m1/s1. The Morgan fingerprint density at radius 1 is 0.968 bits per heavy atom. The van der Waals surface area contributed by atoms with Gasteiger partial charge in [0.25, 0.3) is 11.8 Å². The molecule has 6 heteroatoms. The maximum atomic E-state index is 13.0. The molecule has 31 heavy (non-hydrogen) atoms. The van der Waals surface area contributed by atoms with Crippen molar-refractivity contribution in [3.05, 3.63) is 71.3 Å². The molecule has 1 N–H and O–H groups in total. The predicted molar refractivity (Wildman–Crippen MR) is 119 cm³/mol. The Morgan fingerprint density at radius 2 is 1.58 bits per heavy atom. The molecule has 1 atom stereocenters. The first-order valence-electron chi connectivity index (χ1n) is 10.9. The van der Waals surface area contributed by atoms with E-state index in [0.29, 0.717) is 6.54 Å². The summed E-state index contributed by atoms with van der Waals surface area (Å²) in [5.74, 6) is -1.26. The van der Waals surface area contributed by atoms with Crippen LogP contribution in [-0.4, -0.2) is 41.9 Å². The molecule has 6 nitrogen and oxygen atoms in total. The summed E-state index contributed by atoms with van der Waals surface area (Å²) in [7, 11) is 1.69. The lowest BCUT2D eigenvalue weighted by molar-refractivity contribution is -0.130. The molecule has 0 saturated heterocycles. The smallest absolute Gasteiger partial charge is 0.339 e. The summed E-state index contributed by atoms with van der Waals surface area (Å²) < 4.78 is 5.41. The summed E-state index contributed by atoms with van der Waals surface area (Å²) in [6, 6.07) is 16.3. The number of hydrogen-bond donors (Lipinski definition) is 1. The molecule has 2 aromatic rings. The molecule has 2 aromatic carbocycles. The van der Waals surface area contributed by atoms with Crippen molar-refractivity contribution in [3.8, 4) is 0 Å². The Hall–Kier alpha value is -3.15. The van der Waals surface area contributed by atoms with Crippen molar-refractivity contribution >= 4 is 17.8 Å². The second-order valence-electron chi connectivity index (χ2n) is 8.08. The number of carbonyl (C=O) groups is 3. The van der Waals surface area contributed by atoms with Gasteiger partial charge in [0, 0.05) is 19.6 Å². The van der Waals surface area contributed by atoms with E-state index in [1.54, 1.807) is 43.1 Å². The van der Waals surface area contributed by atoms with Gasteiger partial charge in [0.05, 0.1) is 11.1 Å². The monoisotopic (exact) mass is 422 g/mol. The van der Waals surface area contributed by atoms with Crippen LogP contribution in [0.5, 0.6) is 0 Å². The number of hydrogen-bond acceptors (Lipinski definition) is 4. The van der Waals surface area contributed by atoms with E-state index in [0.717, 1.165) is 31.2 Å². The van der Waals surface area contributed by atoms with E-state index in [9.17, 15) is 14.4 Å². The highest BCUT2D eigenvalue weighted by molar-refractivity contribution is 6.05. The third kappa shape index (κ3) is 6.17. The average Bonchev–Trinajstić information content (AvgIpc) is 2.79. The lowest BCUT2D eigenvalue weighted by Gasteiger charge is -2.24. The van der Waals surface area contributed by atoms with Crippen LogP contribution in [0.3, 0.4) is 0 Å². The minimum atomic E-state index is -0.931. The highest BCUT2D eigenvalue weighted by atomic mass is 16.5. The number of rotatable bonds is 7. The van der Waals surface area contributed by atoms with Gasteiger partial charge in [-0.3, -0.25) is 9.59 Å². The van der Waals surface area contributed by atoms with Crippen LogP contribution < -0.4 is 5.32 Å². The maximum absolute atomic E-state index is 13.0. The number of nitrogens with zero attached hydrogens (tertiary/aromatic N) is 1. The van der Waals surface area contributed by atoms with Gasteiger partial charge in [-0.2, -0.15) is 0 Å². The number of nitrogens with one attached hydrogen (secondary N) is 1. The molecule has 0 radical (unpaired) electrons. The molecular formula is C25H30N2O4. The van der Waals surface area contributed by atoms with Gasteiger partial charge < -0.3 is 15.0 Å². The zero-order chi connectivity index (χ0) is 22.2. The van der Waals surface area contributed by atoms with Crippen LogP contribution in [0.2, 0.25) is 0 Å². The Balaban J connectivity index is 1.64. The molecule has 1 aliphatic carbocycles. The van der Waals surface area contributed by atoms with E-state index in [1.165, 1.54) is 6.42 Å². The van der Waals surface area contributed by atoms with Gasteiger partial charge in [-0.1, -0.05) is 61.7 Å². The third-order valence-corrected chi connectivity index (χ3v) is 5.59. The fraction of sp³-hybridized carbons (Fsp3) is 0.400. The van der Waals surface area contributed by atoms with Gasteiger partial charge in [0.2, 0.25) is 0 Å². The van der Waals surface area contributed by atoms with E-state index in [2.05, 4.69) is 5.32 Å². The van der Waals surface area contributed by atoms with Gasteiger partial charge in [-0.25, -0.2) is 4.79 Å². The molecule has 2 amide bonds. The fourth-order valence-corrected chi connectivity index (χ4v) is 3.83. The minimum absolute atomic E-state index is 0.142. The predicted octanol–water partition coefficient (Wildman–Crippen LogP) is 3.95. The van der Waals surface area contributed by atoms with Crippen molar-refractivity contribution < 1.29 is 19.1 Å². The van der Waals surface area contributed by atoms with E-state index >= 15 is 0 Å². The summed E-state index contributed by atoms with van der Waals surface area (Å²) in [4.78, 5) is 39.8. The van der Waals surface area contributed by atoms with E-state index in [1.807, 2.05) is 30.3 Å². The number of carbonyl (C=O) groups excluding carboxylic acids is 3. The summed E-state index contributed by atoms with van der Waals surface area (Å²) in [6.45, 7) is 1.98. The molecule has 164 valence electrons. The second kappa shape index (κ2) is 10.8. The molecule has 0 heterocycles. The highest BCUT2D eigenvalue weighted by Gasteiger charge is 2.26. The SMILES string of the molecule is C[C@@H](OC(=O)c1ccccc1C(=O)N(C)Cc1ccccc1)C(=O)NC1CCCCC1. The van der Waals surface area contributed by atoms with Crippen LogP contribution in [0.25, 0.3) is 0 Å². The number of esters is 1. The number of ether oxygens (including phenoxy) is 1. The summed E-state index contributed by atoms with van der Waals surface area (Å²) in [5, 5.41) is 2.97. The average molecular weight is 423 g/mol. The van der Waals surface area contributed by atoms with Gasteiger partial charge in [0.15, 0.2) is 6.10 Å². The first-order valence-corrected chi connectivity index (χ1v) is 10.9. The Kier molecular flexibility index (Phi) is 7.82. The van der Waals surface area contributed by atoms with Gasteiger partial charge in [-0.15, -0.1) is 0 Å². The number of benzene rings is 2. The molecule has 0 spiro atoms. The maximum Gasteiger partial charge on any atom is 0.339 e. The van der Waals surface area contributed by atoms with Crippen molar-refractivity contribution in [2.45, 2.75) is 57.7 Å². The molecule has 1 fully saturated rings. The quantitative estimate of drug-likeness (QED) is 0.686. The molecule has 0 bridgehead atoms. The third-order valence-electron chi connectivity index (χ3n) is 5.59. The zero-order valence-electron chi connectivity index (χ0n) is 18.2. The zero-order valence-corrected chi connectivity index (χ0v) is 18.2. The van der Waals surface area contributed by atoms with Crippen molar-refractivity contribution in [1.29, 1.82) is 0 Å². The van der Waals surface area contributed by atoms with E-state index in [-0.39, 0.29) is 29.0 Å². The lowest BCUT2D eigenvalue weighted by Crippen LogP contribution is -2.43. The fourth-order valence-electron chi connectivity index (χ4n) is 3.83. The van der Waals surface area contributed by atoms with Crippen molar-refractivity contribution in [2.75, 3.05) is 7.05 Å². The molecule has 0 aromatic heterocycles. The Labute approximate surface area is 183 Å². The van der Waals surface area contributed by atoms with Crippen LogP contribution in [0.1, 0.15) is 65.3 Å². The molecule has 0 unspecified atom stereocenters. The van der Waals surface area contributed by atoms with Crippen LogP contribution in [0.15, 0.2) is 54.6 Å². The van der Waals surface area contributed by atoms with Crippen LogP contribution in [0, 0.1) is 0 Å². The van der Waals surface area contributed by atoms with Crippen LogP contribution in [0.4, 0.5) is 0 Å². The van der Waals surface area contributed by atoms with E-state index < -0.39 is 12.1 Å². The van der Waals surface area contributed by atoms with Crippen molar-refractivity contribution in [2.24, 2.45) is 0 Å². The molecule has 1 aliphatic rings. The molecule has 1 saturated carbocycles. The Morgan fingerprint density at radius 3 is 2.26 bits per heavy atom. The molecular weight excluding hydrogens is 392 g/mol. The first-order chi connectivity index (χ1) is 15.0. The topological polar surface area (TPSA) is 75.7 Å². The molecule has 3 rings (SSSR count). The van der Waals surface area contributed by atoms with E-state index in [4.69, 9.17) is 4.74 Å². The van der Waals surface area contributed by atoms with Crippen LogP contribution >= 0.6 is 0 Å². The minimum Gasteiger partial charge on any atom is -0.449 e. The number of amides is 2. The first kappa shape index (κ1) is 22.5. The van der Waals surface area contributed by atoms with Gasteiger partial charge in [-0.05, 0) is 37.5 Å². The normalized spacial score (nSPS) is 15.0. The second-order valence-corrected chi connectivity index (χ2v) is 8.08. The van der Waals surface area contributed by atoms with Crippen molar-refractivity contribution in [1.82, 2.24) is 10.2 Å². The lowest BCUT2D eigenvalue weighted by atomic mass is 9.95. The largest absolute Gasteiger partial charge is 0.449 e. The van der Waals surface area contributed by atoms with Crippen molar-refractivity contribution in [3.63, 3.8) is 0 Å². The summed E-state index contributed by atoms with van der Waals surface area (Å²) in [5.41, 5.74) is 1.40. The van der Waals surface area contributed by atoms with Gasteiger partial charge >= 0.3 is 5.97 Å². The van der Waals surface area contributed by atoms with Crippen LogP contribution in [-0.2, 0) is 16.1 Å². The summed E-state index contributed by atoms with van der Waals surface area (Å²) >= 11 is 0. The highest BCUT2D eigenvalue weighted by Crippen LogP contribution is 2.18. The molecule has 0 aliphatic heterocycles. The summed E-state index contributed by atoms with van der Waals surface area (Å²) in [6.07, 6.45) is 4.38. The Bertz CT molecular complexity index is 907. The van der Waals surface area contributed by atoms with Gasteiger partial charge in [0.1, 0.15) is 0 Å².